The standard InChI is InChI=1S/C10H6N4O4S2.H4N2.H2O/c15-13(16)7-1-3-9(11-5-7)19-20-10-4-2-8(6-12-10)14(17)18;1-2;/h1-6H;1-2H2;1H2. The summed E-state index contributed by atoms with van der Waals surface area (Å²) in [5.41, 5.74) is -0.152. The Balaban J connectivity index is 0.00000155. The Morgan fingerprint density at radius 1 is 0.826 bits per heavy atom. The smallest absolute Gasteiger partial charge is 0.287 e. The predicted molar refractivity (Wildman–Crippen MR) is 85.5 cm³/mol. The molecule has 2 aromatic rings. The van der Waals surface area contributed by atoms with Gasteiger partial charge in [-0.3, -0.25) is 31.9 Å². The van der Waals surface area contributed by atoms with Crippen LogP contribution in [-0.4, -0.2) is 25.3 Å². The van der Waals surface area contributed by atoms with Crippen molar-refractivity contribution in [1.29, 1.82) is 0 Å². The molecule has 2 heterocycles. The molecule has 6 N–H and O–H groups in total. The summed E-state index contributed by atoms with van der Waals surface area (Å²) in [7, 11) is 2.52. The van der Waals surface area contributed by atoms with E-state index in [1.54, 1.807) is 0 Å². The predicted octanol–water partition coefficient (Wildman–Crippen LogP) is 1.09. The van der Waals surface area contributed by atoms with E-state index in [0.29, 0.717) is 10.1 Å². The maximum absolute atomic E-state index is 10.5. The van der Waals surface area contributed by atoms with Crippen LogP contribution in [0.25, 0.3) is 0 Å². The van der Waals surface area contributed by atoms with E-state index >= 15 is 0 Å². The van der Waals surface area contributed by atoms with Crippen LogP contribution < -0.4 is 11.7 Å². The fourth-order valence-electron chi connectivity index (χ4n) is 1.14. The number of pyridine rings is 2. The Morgan fingerprint density at radius 2 is 1.17 bits per heavy atom. The zero-order valence-electron chi connectivity index (χ0n) is 11.4. The number of hydrogen-bond acceptors (Lipinski definition) is 10. The van der Waals surface area contributed by atoms with Crippen LogP contribution in [0, 0.1) is 20.2 Å². The SMILES string of the molecule is NN.O.O=[N+]([O-])c1ccc(SSc2ccc([N+](=O)[O-])cn2)nc1. The molecule has 2 aromatic heterocycles. The van der Waals surface area contributed by atoms with Crippen molar-refractivity contribution in [2.45, 2.75) is 10.1 Å². The van der Waals surface area contributed by atoms with Crippen LogP contribution in [0.4, 0.5) is 11.4 Å². The van der Waals surface area contributed by atoms with E-state index in [0.717, 1.165) is 0 Å². The molecular weight excluding hydrogens is 348 g/mol. The molecule has 0 aromatic carbocycles. The van der Waals surface area contributed by atoms with Gasteiger partial charge >= 0.3 is 0 Å². The summed E-state index contributed by atoms with van der Waals surface area (Å²) in [6.07, 6.45) is 2.35. The van der Waals surface area contributed by atoms with Gasteiger partial charge in [-0.15, -0.1) is 0 Å². The first-order valence-electron chi connectivity index (χ1n) is 5.45. The van der Waals surface area contributed by atoms with Crippen LogP contribution in [-0.2, 0) is 0 Å². The molecule has 13 heteroatoms. The summed E-state index contributed by atoms with van der Waals surface area (Å²) in [5.74, 6) is 8.00. The van der Waals surface area contributed by atoms with Crippen LogP contribution in [0.1, 0.15) is 0 Å². The van der Waals surface area contributed by atoms with Gasteiger partial charge in [-0.05, 0) is 33.7 Å². The van der Waals surface area contributed by atoms with E-state index in [4.69, 9.17) is 0 Å². The lowest BCUT2D eigenvalue weighted by Crippen LogP contribution is -2.02. The summed E-state index contributed by atoms with van der Waals surface area (Å²) in [4.78, 5) is 27.7. The maximum atomic E-state index is 10.5. The van der Waals surface area contributed by atoms with Gasteiger partial charge in [0.2, 0.25) is 0 Å². The minimum atomic E-state index is -0.521. The van der Waals surface area contributed by atoms with E-state index in [1.807, 2.05) is 0 Å². The van der Waals surface area contributed by atoms with Crippen LogP contribution >= 0.6 is 21.6 Å². The third-order valence-corrected chi connectivity index (χ3v) is 4.26. The highest BCUT2D eigenvalue weighted by atomic mass is 33.1. The highest BCUT2D eigenvalue weighted by molar-refractivity contribution is 8.76. The summed E-state index contributed by atoms with van der Waals surface area (Å²) < 4.78 is 0. The minimum absolute atomic E-state index is 0. The second-order valence-corrected chi connectivity index (χ2v) is 5.56. The summed E-state index contributed by atoms with van der Waals surface area (Å²) in [6.45, 7) is 0. The molecule has 11 nitrogen and oxygen atoms in total. The Bertz CT molecular complexity index is 582. The molecule has 0 saturated heterocycles. The quantitative estimate of drug-likeness (QED) is 0.337. The van der Waals surface area contributed by atoms with E-state index in [9.17, 15) is 20.2 Å². The molecule has 0 fully saturated rings. The van der Waals surface area contributed by atoms with Crippen molar-refractivity contribution in [2.24, 2.45) is 11.7 Å². The number of rotatable bonds is 5. The third kappa shape index (κ3) is 6.54. The molecule has 0 aliphatic heterocycles. The van der Waals surface area contributed by atoms with Crippen molar-refractivity contribution in [2.75, 3.05) is 0 Å². The van der Waals surface area contributed by atoms with Gasteiger partial charge in [0, 0.05) is 12.1 Å². The van der Waals surface area contributed by atoms with E-state index < -0.39 is 9.85 Å². The fourth-order valence-corrected chi connectivity index (χ4v) is 2.86. The molecule has 0 aliphatic carbocycles. The number of nitro groups is 2. The van der Waals surface area contributed by atoms with E-state index in [2.05, 4.69) is 21.7 Å². The summed E-state index contributed by atoms with van der Waals surface area (Å²) in [5, 5.41) is 22.1. The molecule has 0 saturated carbocycles. The Labute approximate surface area is 137 Å². The first kappa shape index (κ1) is 20.7. The average Bonchev–Trinajstić information content (AvgIpc) is 2.55. The molecule has 0 amide bonds. The molecule has 0 radical (unpaired) electrons. The molecule has 23 heavy (non-hydrogen) atoms. The molecule has 0 atom stereocenters. The van der Waals surface area contributed by atoms with Crippen LogP contribution in [0.15, 0.2) is 46.7 Å². The van der Waals surface area contributed by atoms with Gasteiger partial charge < -0.3 is 5.48 Å². The first-order valence-corrected chi connectivity index (χ1v) is 7.60. The molecule has 0 spiro atoms. The number of hydrogen-bond donors (Lipinski definition) is 2. The number of aromatic nitrogens is 2. The molecular formula is C10H12N6O5S2. The van der Waals surface area contributed by atoms with Crippen molar-refractivity contribution >= 4 is 33.0 Å². The van der Waals surface area contributed by atoms with E-state index in [1.165, 1.54) is 58.2 Å². The highest BCUT2D eigenvalue weighted by Crippen LogP contribution is 2.35. The van der Waals surface area contributed by atoms with E-state index in [-0.39, 0.29) is 16.9 Å². The molecule has 2 rings (SSSR count). The average molecular weight is 360 g/mol. The normalized spacial score (nSPS) is 9.13. The van der Waals surface area contributed by atoms with Gasteiger partial charge in [-0.25, -0.2) is 9.97 Å². The van der Waals surface area contributed by atoms with Gasteiger partial charge in [-0.1, -0.05) is 0 Å². The van der Waals surface area contributed by atoms with Crippen molar-refractivity contribution in [1.82, 2.24) is 9.97 Å². The van der Waals surface area contributed by atoms with Crippen LogP contribution in [0.2, 0.25) is 0 Å². The first-order chi connectivity index (χ1) is 10.6. The number of nitrogens with zero attached hydrogens (tertiary/aromatic N) is 4. The molecule has 0 bridgehead atoms. The van der Waals surface area contributed by atoms with Gasteiger partial charge in [0.15, 0.2) is 0 Å². The zero-order valence-corrected chi connectivity index (χ0v) is 13.0. The van der Waals surface area contributed by atoms with Gasteiger partial charge in [-0.2, -0.15) is 0 Å². The van der Waals surface area contributed by atoms with Gasteiger partial charge in [0.05, 0.1) is 9.85 Å². The van der Waals surface area contributed by atoms with Crippen molar-refractivity contribution in [3.05, 3.63) is 56.9 Å². The lowest BCUT2D eigenvalue weighted by Gasteiger charge is -1.99. The molecule has 124 valence electrons. The lowest BCUT2D eigenvalue weighted by atomic mass is 10.4. The fraction of sp³-hybridized carbons (Fsp3) is 0. The Kier molecular flexibility index (Phi) is 9.36. The van der Waals surface area contributed by atoms with Gasteiger partial charge in [0.1, 0.15) is 22.4 Å². The summed E-state index contributed by atoms with van der Waals surface area (Å²) >= 11 is 0. The molecule has 0 aliphatic rings. The largest absolute Gasteiger partial charge is 0.412 e. The second-order valence-electron chi connectivity index (χ2n) is 3.39. The third-order valence-electron chi connectivity index (χ3n) is 2.08. The minimum Gasteiger partial charge on any atom is -0.412 e. The Morgan fingerprint density at radius 3 is 1.39 bits per heavy atom. The summed E-state index contributed by atoms with van der Waals surface area (Å²) in [6, 6.07) is 5.78. The Hall–Kier alpha value is -2.32. The highest BCUT2D eigenvalue weighted by Gasteiger charge is 2.08. The van der Waals surface area contributed by atoms with Crippen molar-refractivity contribution in [3.8, 4) is 0 Å². The number of nitrogens with two attached hydrogens (primary N) is 2. The van der Waals surface area contributed by atoms with Crippen LogP contribution in [0.3, 0.4) is 0 Å². The topological polar surface area (TPSA) is 196 Å². The monoisotopic (exact) mass is 360 g/mol. The van der Waals surface area contributed by atoms with Crippen LogP contribution in [0.5, 0.6) is 0 Å². The van der Waals surface area contributed by atoms with Gasteiger partial charge in [0.25, 0.3) is 11.4 Å². The van der Waals surface area contributed by atoms with Crippen molar-refractivity contribution in [3.63, 3.8) is 0 Å². The molecule has 0 unspecified atom stereocenters. The maximum Gasteiger partial charge on any atom is 0.287 e. The second kappa shape index (κ2) is 10.4. The number of hydrazine groups is 1. The lowest BCUT2D eigenvalue weighted by molar-refractivity contribution is -0.385. The van der Waals surface area contributed by atoms with Crippen molar-refractivity contribution < 1.29 is 15.3 Å². The zero-order chi connectivity index (χ0) is 16.5.